The lowest BCUT2D eigenvalue weighted by molar-refractivity contribution is -0.129. The molecule has 0 saturated carbocycles. The van der Waals surface area contributed by atoms with Gasteiger partial charge >= 0.3 is 0 Å². The van der Waals surface area contributed by atoms with Gasteiger partial charge in [0.2, 0.25) is 5.91 Å². The zero-order chi connectivity index (χ0) is 21.0. The Labute approximate surface area is 176 Å². The Hall–Kier alpha value is -2.28. The minimum Gasteiger partial charge on any atom is -0.368 e. The lowest BCUT2D eigenvalue weighted by atomic mass is 9.95. The molecule has 2 heterocycles. The van der Waals surface area contributed by atoms with Gasteiger partial charge in [0, 0.05) is 12.1 Å². The number of benzene rings is 1. The molecule has 0 aliphatic carbocycles. The van der Waals surface area contributed by atoms with E-state index in [9.17, 15) is 9.59 Å². The number of primary amides is 1. The molecule has 29 heavy (non-hydrogen) atoms. The van der Waals surface area contributed by atoms with Gasteiger partial charge in [-0.2, -0.15) is 16.9 Å². The molecule has 2 aromatic rings. The maximum Gasteiger partial charge on any atom is 0.273 e. The molecule has 3 rings (SSSR count). The second kappa shape index (κ2) is 9.03. The van der Waals surface area contributed by atoms with Gasteiger partial charge in [-0.05, 0) is 49.3 Å². The van der Waals surface area contributed by atoms with Crippen molar-refractivity contribution < 1.29 is 9.59 Å². The standard InChI is InChI=1S/C22H30N4O2S/c1-4-12-29-13-6-11-25-20(27)19-14-18(17-9-7-16(5-2)8-10-17)24-26(19)15-22(25,3)21(23)28/h7-10,14H,4-6,11-13,15H2,1-3H3,(H2,23,28). The Bertz CT molecular complexity index is 877. The van der Waals surface area contributed by atoms with Gasteiger partial charge in [0.15, 0.2) is 0 Å². The Morgan fingerprint density at radius 2 is 1.97 bits per heavy atom. The van der Waals surface area contributed by atoms with Gasteiger partial charge in [0.25, 0.3) is 5.91 Å². The number of hydrogen-bond donors (Lipinski definition) is 1. The summed E-state index contributed by atoms with van der Waals surface area (Å²) in [6, 6.07) is 10.0. The smallest absolute Gasteiger partial charge is 0.273 e. The summed E-state index contributed by atoms with van der Waals surface area (Å²) in [5, 5.41) is 4.62. The second-order valence-corrected chi connectivity index (χ2v) is 8.91. The molecule has 1 aromatic heterocycles. The van der Waals surface area contributed by atoms with E-state index in [0.717, 1.165) is 42.0 Å². The lowest BCUT2D eigenvalue weighted by Gasteiger charge is -2.42. The fourth-order valence-electron chi connectivity index (χ4n) is 3.63. The summed E-state index contributed by atoms with van der Waals surface area (Å²) in [7, 11) is 0. The van der Waals surface area contributed by atoms with Crippen LogP contribution < -0.4 is 5.73 Å². The molecule has 1 aliphatic heterocycles. The molecule has 7 heteroatoms. The fraction of sp³-hybridized carbons (Fsp3) is 0.500. The molecule has 0 saturated heterocycles. The predicted molar refractivity (Wildman–Crippen MR) is 118 cm³/mol. The largest absolute Gasteiger partial charge is 0.368 e. The van der Waals surface area contributed by atoms with Crippen molar-refractivity contribution >= 4 is 23.6 Å². The van der Waals surface area contributed by atoms with Crippen molar-refractivity contribution in [3.05, 3.63) is 41.6 Å². The van der Waals surface area contributed by atoms with Gasteiger partial charge in [0.05, 0.1) is 12.2 Å². The van der Waals surface area contributed by atoms with Crippen LogP contribution in [0.1, 0.15) is 49.7 Å². The molecule has 0 fully saturated rings. The van der Waals surface area contributed by atoms with Crippen LogP contribution in [0.3, 0.4) is 0 Å². The van der Waals surface area contributed by atoms with Crippen molar-refractivity contribution in [3.63, 3.8) is 0 Å². The van der Waals surface area contributed by atoms with E-state index in [4.69, 9.17) is 5.73 Å². The van der Waals surface area contributed by atoms with E-state index in [0.29, 0.717) is 12.2 Å². The number of hydrogen-bond acceptors (Lipinski definition) is 4. The van der Waals surface area contributed by atoms with Crippen molar-refractivity contribution in [2.45, 2.75) is 52.1 Å². The van der Waals surface area contributed by atoms with Gasteiger partial charge in [-0.15, -0.1) is 0 Å². The number of nitrogens with two attached hydrogens (primary N) is 1. The Balaban J connectivity index is 1.86. The molecular weight excluding hydrogens is 384 g/mol. The van der Waals surface area contributed by atoms with E-state index in [-0.39, 0.29) is 12.5 Å². The molecule has 2 amide bonds. The summed E-state index contributed by atoms with van der Waals surface area (Å²) < 4.78 is 1.64. The van der Waals surface area contributed by atoms with Gasteiger partial charge < -0.3 is 10.6 Å². The normalized spacial score (nSPS) is 18.7. The molecular formula is C22H30N4O2S. The Morgan fingerprint density at radius 3 is 2.59 bits per heavy atom. The zero-order valence-corrected chi connectivity index (χ0v) is 18.3. The van der Waals surface area contributed by atoms with Crippen LogP contribution in [-0.4, -0.2) is 50.1 Å². The summed E-state index contributed by atoms with van der Waals surface area (Å²) in [4.78, 5) is 27.2. The van der Waals surface area contributed by atoms with Gasteiger partial charge in [0.1, 0.15) is 11.2 Å². The third-order valence-corrected chi connectivity index (χ3v) is 6.78. The van der Waals surface area contributed by atoms with Crippen molar-refractivity contribution in [1.82, 2.24) is 14.7 Å². The van der Waals surface area contributed by atoms with Crippen LogP contribution in [0.25, 0.3) is 11.3 Å². The van der Waals surface area contributed by atoms with Crippen LogP contribution in [0, 0.1) is 0 Å². The van der Waals surface area contributed by atoms with E-state index in [1.807, 2.05) is 30.0 Å². The summed E-state index contributed by atoms with van der Waals surface area (Å²) in [5.74, 6) is 1.39. The highest BCUT2D eigenvalue weighted by Crippen LogP contribution is 2.30. The van der Waals surface area contributed by atoms with E-state index in [2.05, 4.69) is 31.1 Å². The van der Waals surface area contributed by atoms with E-state index < -0.39 is 11.4 Å². The third-order valence-electron chi connectivity index (χ3n) is 5.51. The van der Waals surface area contributed by atoms with Gasteiger partial charge in [-0.25, -0.2) is 0 Å². The number of rotatable bonds is 9. The summed E-state index contributed by atoms with van der Waals surface area (Å²) >= 11 is 1.87. The molecule has 156 valence electrons. The third kappa shape index (κ3) is 4.34. The number of aryl methyl sites for hydroxylation is 1. The average Bonchev–Trinajstić information content (AvgIpc) is 3.13. The Kier molecular flexibility index (Phi) is 6.67. The minimum absolute atomic E-state index is 0.179. The fourth-order valence-corrected chi connectivity index (χ4v) is 4.46. The monoisotopic (exact) mass is 414 g/mol. The number of nitrogens with zero attached hydrogens (tertiary/aromatic N) is 3. The Morgan fingerprint density at radius 1 is 1.24 bits per heavy atom. The molecule has 0 radical (unpaired) electrons. The topological polar surface area (TPSA) is 81.2 Å². The van der Waals surface area contributed by atoms with Crippen molar-refractivity contribution in [2.24, 2.45) is 5.73 Å². The zero-order valence-electron chi connectivity index (χ0n) is 17.5. The summed E-state index contributed by atoms with van der Waals surface area (Å²) in [5.41, 5.74) is 8.12. The molecule has 1 atom stereocenters. The van der Waals surface area contributed by atoms with Crippen LogP contribution in [0.15, 0.2) is 30.3 Å². The van der Waals surface area contributed by atoms with Crippen LogP contribution in [-0.2, 0) is 17.8 Å². The first-order valence-electron chi connectivity index (χ1n) is 10.3. The molecule has 0 spiro atoms. The summed E-state index contributed by atoms with van der Waals surface area (Å²) in [6.07, 6.45) is 2.94. The van der Waals surface area contributed by atoms with E-state index >= 15 is 0 Å². The molecule has 1 aliphatic rings. The van der Waals surface area contributed by atoms with Crippen molar-refractivity contribution in [2.75, 3.05) is 18.1 Å². The van der Waals surface area contributed by atoms with Crippen molar-refractivity contribution in [3.8, 4) is 11.3 Å². The number of carbonyl (C=O) groups excluding carboxylic acids is 2. The first kappa shape index (κ1) is 21.4. The highest BCUT2D eigenvalue weighted by atomic mass is 32.2. The number of fused-ring (bicyclic) bond motifs is 1. The maximum absolute atomic E-state index is 13.3. The van der Waals surface area contributed by atoms with Crippen LogP contribution >= 0.6 is 11.8 Å². The van der Waals surface area contributed by atoms with Gasteiger partial charge in [-0.1, -0.05) is 38.1 Å². The predicted octanol–water partition coefficient (Wildman–Crippen LogP) is 3.35. The number of amides is 2. The maximum atomic E-state index is 13.3. The quantitative estimate of drug-likeness (QED) is 0.638. The number of aromatic nitrogens is 2. The molecule has 1 aromatic carbocycles. The molecule has 2 N–H and O–H groups in total. The SMILES string of the molecule is CCCSCCCN1C(=O)c2cc(-c3ccc(CC)cc3)nn2CC1(C)C(N)=O. The number of carbonyl (C=O) groups is 2. The average molecular weight is 415 g/mol. The minimum atomic E-state index is -1.07. The molecule has 6 nitrogen and oxygen atoms in total. The first-order chi connectivity index (χ1) is 13.9. The summed E-state index contributed by atoms with van der Waals surface area (Å²) in [6.45, 7) is 6.80. The van der Waals surface area contributed by atoms with E-state index in [1.165, 1.54) is 5.56 Å². The van der Waals surface area contributed by atoms with Crippen molar-refractivity contribution in [1.29, 1.82) is 0 Å². The lowest BCUT2D eigenvalue weighted by Crippen LogP contribution is -2.63. The first-order valence-corrected chi connectivity index (χ1v) is 11.4. The molecule has 1 unspecified atom stereocenters. The van der Waals surface area contributed by atoms with Crippen LogP contribution in [0.2, 0.25) is 0 Å². The highest BCUT2D eigenvalue weighted by molar-refractivity contribution is 7.99. The van der Waals surface area contributed by atoms with Crippen LogP contribution in [0.5, 0.6) is 0 Å². The van der Waals surface area contributed by atoms with Gasteiger partial charge in [-0.3, -0.25) is 14.3 Å². The van der Waals surface area contributed by atoms with Crippen LogP contribution in [0.4, 0.5) is 0 Å². The number of thioether (sulfide) groups is 1. The second-order valence-electron chi connectivity index (χ2n) is 7.68. The highest BCUT2D eigenvalue weighted by Gasteiger charge is 2.46. The molecule has 0 bridgehead atoms. The van der Waals surface area contributed by atoms with E-state index in [1.54, 1.807) is 16.5 Å².